The number of benzene rings is 1. The van der Waals surface area contributed by atoms with Crippen molar-refractivity contribution >= 4 is 11.8 Å². The first-order chi connectivity index (χ1) is 11.5. The van der Waals surface area contributed by atoms with Crippen LogP contribution in [0.1, 0.15) is 31.7 Å². The molecule has 5 heteroatoms. The van der Waals surface area contributed by atoms with Crippen LogP contribution in [0, 0.1) is 17.7 Å². The number of piperazine rings is 1. The van der Waals surface area contributed by atoms with Gasteiger partial charge in [-0.2, -0.15) is 0 Å². The maximum Gasteiger partial charge on any atom is 0.233 e. The number of halogens is 1. The van der Waals surface area contributed by atoms with E-state index in [-0.39, 0.29) is 23.5 Å². The number of rotatable bonds is 3. The molecule has 3 fully saturated rings. The molecule has 1 aliphatic heterocycles. The maximum atomic E-state index is 13.1. The predicted octanol–water partition coefficient (Wildman–Crippen LogP) is 2.18. The molecule has 24 heavy (non-hydrogen) atoms. The fourth-order valence-corrected chi connectivity index (χ4v) is 3.85. The Bertz CT molecular complexity index is 660. The highest BCUT2D eigenvalue weighted by atomic mass is 19.1. The fourth-order valence-electron chi connectivity index (χ4n) is 3.85. The van der Waals surface area contributed by atoms with Gasteiger partial charge in [-0.3, -0.25) is 9.59 Å². The minimum absolute atomic E-state index is 0.140. The van der Waals surface area contributed by atoms with E-state index >= 15 is 0 Å². The van der Waals surface area contributed by atoms with Gasteiger partial charge in [0.2, 0.25) is 11.8 Å². The molecule has 4 rings (SSSR count). The van der Waals surface area contributed by atoms with E-state index in [0.29, 0.717) is 32.1 Å². The average Bonchev–Trinajstić information content (AvgIpc) is 3.51. The second-order valence-electron chi connectivity index (χ2n) is 7.53. The molecule has 1 heterocycles. The lowest BCUT2D eigenvalue weighted by Crippen LogP contribution is -2.53. The molecule has 2 unspecified atom stereocenters. The van der Waals surface area contributed by atoms with Crippen LogP contribution in [0.5, 0.6) is 0 Å². The highest BCUT2D eigenvalue weighted by Gasteiger charge is 2.53. The van der Waals surface area contributed by atoms with Crippen molar-refractivity contribution in [2.45, 2.75) is 31.6 Å². The molecule has 0 N–H and O–H groups in total. The van der Waals surface area contributed by atoms with Gasteiger partial charge in [0.15, 0.2) is 0 Å². The van der Waals surface area contributed by atoms with Gasteiger partial charge in [-0.25, -0.2) is 4.39 Å². The van der Waals surface area contributed by atoms with Crippen molar-refractivity contribution in [2.75, 3.05) is 26.2 Å². The summed E-state index contributed by atoms with van der Waals surface area (Å²) < 4.78 is 13.1. The molecule has 2 atom stereocenters. The van der Waals surface area contributed by atoms with E-state index in [1.807, 2.05) is 9.80 Å². The standard InChI is InChI=1S/C19H23FN2O2/c1-13-12-16(13)17(23)21-8-10-22(11-9-21)18(24)19(6-7-19)14-2-4-15(20)5-3-14/h2-5,13,16H,6-12H2,1H3. The third kappa shape index (κ3) is 2.60. The van der Waals surface area contributed by atoms with Crippen LogP contribution in [0.3, 0.4) is 0 Å². The summed E-state index contributed by atoms with van der Waals surface area (Å²) in [6.07, 6.45) is 2.66. The van der Waals surface area contributed by atoms with Crippen LogP contribution in [0.25, 0.3) is 0 Å². The van der Waals surface area contributed by atoms with Crippen LogP contribution in [0.15, 0.2) is 24.3 Å². The van der Waals surface area contributed by atoms with Crippen molar-refractivity contribution in [3.8, 4) is 0 Å². The van der Waals surface area contributed by atoms with Crippen molar-refractivity contribution < 1.29 is 14.0 Å². The Morgan fingerprint density at radius 1 is 1.04 bits per heavy atom. The smallest absolute Gasteiger partial charge is 0.233 e. The van der Waals surface area contributed by atoms with E-state index in [9.17, 15) is 14.0 Å². The number of hydrogen-bond donors (Lipinski definition) is 0. The van der Waals surface area contributed by atoms with E-state index in [2.05, 4.69) is 6.92 Å². The third-order valence-corrected chi connectivity index (χ3v) is 5.86. The summed E-state index contributed by atoms with van der Waals surface area (Å²) in [5, 5.41) is 0. The van der Waals surface area contributed by atoms with Gasteiger partial charge in [0.05, 0.1) is 5.41 Å². The molecule has 1 aromatic rings. The van der Waals surface area contributed by atoms with E-state index in [1.54, 1.807) is 12.1 Å². The molecule has 2 amide bonds. The Balaban J connectivity index is 1.39. The number of hydrogen-bond acceptors (Lipinski definition) is 2. The zero-order chi connectivity index (χ0) is 16.9. The fraction of sp³-hybridized carbons (Fsp3) is 0.579. The molecular formula is C19H23FN2O2. The second-order valence-corrected chi connectivity index (χ2v) is 7.53. The van der Waals surface area contributed by atoms with Gasteiger partial charge in [0, 0.05) is 32.1 Å². The Labute approximate surface area is 141 Å². The zero-order valence-corrected chi connectivity index (χ0v) is 14.0. The van der Waals surface area contributed by atoms with E-state index < -0.39 is 5.41 Å². The van der Waals surface area contributed by atoms with Crippen LogP contribution in [-0.2, 0) is 15.0 Å². The lowest BCUT2D eigenvalue weighted by Gasteiger charge is -2.37. The molecule has 3 aliphatic rings. The Morgan fingerprint density at radius 2 is 1.58 bits per heavy atom. The van der Waals surface area contributed by atoms with Crippen molar-refractivity contribution in [1.82, 2.24) is 9.80 Å². The summed E-state index contributed by atoms with van der Waals surface area (Å²) in [5.41, 5.74) is 0.462. The lowest BCUT2D eigenvalue weighted by molar-refractivity contribution is -0.141. The summed E-state index contributed by atoms with van der Waals surface area (Å²) in [4.78, 5) is 29.1. The highest BCUT2D eigenvalue weighted by Crippen LogP contribution is 2.49. The highest BCUT2D eigenvalue weighted by molar-refractivity contribution is 5.91. The zero-order valence-electron chi connectivity index (χ0n) is 14.0. The summed E-state index contributed by atoms with van der Waals surface area (Å²) in [5.74, 6) is 0.852. The molecule has 2 saturated carbocycles. The first-order valence-corrected chi connectivity index (χ1v) is 8.85. The molecule has 0 aromatic heterocycles. The Morgan fingerprint density at radius 3 is 2.08 bits per heavy atom. The SMILES string of the molecule is CC1CC1C(=O)N1CCN(C(=O)C2(c3ccc(F)cc3)CC2)CC1. The molecule has 1 aromatic carbocycles. The predicted molar refractivity (Wildman–Crippen MR) is 87.7 cm³/mol. The monoisotopic (exact) mass is 330 g/mol. The van der Waals surface area contributed by atoms with Crippen molar-refractivity contribution in [2.24, 2.45) is 11.8 Å². The van der Waals surface area contributed by atoms with E-state index in [4.69, 9.17) is 0 Å². The summed E-state index contributed by atoms with van der Waals surface area (Å²) in [6.45, 7) is 4.59. The summed E-state index contributed by atoms with van der Waals surface area (Å²) in [6, 6.07) is 6.31. The number of amides is 2. The number of nitrogens with zero attached hydrogens (tertiary/aromatic N) is 2. The van der Waals surface area contributed by atoms with Gasteiger partial charge >= 0.3 is 0 Å². The van der Waals surface area contributed by atoms with Crippen LogP contribution < -0.4 is 0 Å². The van der Waals surface area contributed by atoms with Gasteiger partial charge in [-0.05, 0) is 42.9 Å². The molecule has 2 aliphatic carbocycles. The summed E-state index contributed by atoms with van der Waals surface area (Å²) in [7, 11) is 0. The van der Waals surface area contributed by atoms with Crippen LogP contribution in [-0.4, -0.2) is 47.8 Å². The quantitative estimate of drug-likeness (QED) is 0.852. The van der Waals surface area contributed by atoms with Crippen LogP contribution >= 0.6 is 0 Å². The van der Waals surface area contributed by atoms with Crippen LogP contribution in [0.4, 0.5) is 4.39 Å². The normalized spacial score (nSPS) is 27.8. The van der Waals surface area contributed by atoms with Crippen LogP contribution in [0.2, 0.25) is 0 Å². The summed E-state index contributed by atoms with van der Waals surface area (Å²) >= 11 is 0. The molecule has 128 valence electrons. The molecule has 1 saturated heterocycles. The maximum absolute atomic E-state index is 13.1. The number of carbonyl (C=O) groups is 2. The Kier molecular flexibility index (Phi) is 3.62. The largest absolute Gasteiger partial charge is 0.339 e. The minimum Gasteiger partial charge on any atom is -0.339 e. The van der Waals surface area contributed by atoms with Gasteiger partial charge in [0.1, 0.15) is 5.82 Å². The van der Waals surface area contributed by atoms with E-state index in [0.717, 1.165) is 24.8 Å². The molecule has 4 nitrogen and oxygen atoms in total. The van der Waals surface area contributed by atoms with Gasteiger partial charge in [-0.15, -0.1) is 0 Å². The molecular weight excluding hydrogens is 307 g/mol. The number of carbonyl (C=O) groups excluding carboxylic acids is 2. The Hall–Kier alpha value is -1.91. The minimum atomic E-state index is -0.453. The van der Waals surface area contributed by atoms with Gasteiger partial charge < -0.3 is 9.80 Å². The molecule has 0 spiro atoms. The van der Waals surface area contributed by atoms with Crippen molar-refractivity contribution in [1.29, 1.82) is 0 Å². The third-order valence-electron chi connectivity index (χ3n) is 5.86. The van der Waals surface area contributed by atoms with E-state index in [1.165, 1.54) is 12.1 Å². The first kappa shape index (κ1) is 15.6. The van der Waals surface area contributed by atoms with Crippen molar-refractivity contribution in [3.05, 3.63) is 35.6 Å². The topological polar surface area (TPSA) is 40.6 Å². The second kappa shape index (κ2) is 5.57. The lowest BCUT2D eigenvalue weighted by atomic mass is 9.94. The first-order valence-electron chi connectivity index (χ1n) is 8.85. The average molecular weight is 330 g/mol. The molecule has 0 radical (unpaired) electrons. The van der Waals surface area contributed by atoms with Crippen molar-refractivity contribution in [3.63, 3.8) is 0 Å². The van der Waals surface area contributed by atoms with Gasteiger partial charge in [-0.1, -0.05) is 19.1 Å². The molecule has 0 bridgehead atoms. The van der Waals surface area contributed by atoms with Gasteiger partial charge in [0.25, 0.3) is 0 Å².